The number of likely N-dealkylation sites (tertiary alicyclic amines) is 1. The average Bonchev–Trinajstić information content (AvgIpc) is 3.20. The summed E-state index contributed by atoms with van der Waals surface area (Å²) in [6.07, 6.45) is 5.74. The van der Waals surface area contributed by atoms with Crippen molar-refractivity contribution in [3.05, 3.63) is 71.5 Å². The molecule has 0 aliphatic carbocycles. The zero-order chi connectivity index (χ0) is 21.5. The van der Waals surface area contributed by atoms with E-state index < -0.39 is 0 Å². The maximum Gasteiger partial charge on any atom is 0.222 e. The summed E-state index contributed by atoms with van der Waals surface area (Å²) in [5.41, 5.74) is 3.52. The summed E-state index contributed by atoms with van der Waals surface area (Å²) in [6, 6.07) is 18.9. The molecule has 3 aromatic rings. The van der Waals surface area contributed by atoms with Crippen LogP contribution in [0.25, 0.3) is 5.69 Å². The van der Waals surface area contributed by atoms with Crippen molar-refractivity contribution >= 4 is 17.7 Å². The molecular weight excluding hydrogens is 404 g/mol. The van der Waals surface area contributed by atoms with E-state index in [-0.39, 0.29) is 0 Å². The topological polar surface area (TPSA) is 51.0 Å². The molecule has 4 rings (SSSR count). The second-order valence-corrected chi connectivity index (χ2v) is 9.19. The van der Waals surface area contributed by atoms with Crippen LogP contribution in [0.4, 0.5) is 0 Å². The van der Waals surface area contributed by atoms with Gasteiger partial charge in [0, 0.05) is 37.4 Å². The summed E-state index contributed by atoms with van der Waals surface area (Å²) in [6.45, 7) is 3.95. The number of aryl methyl sites for hydroxylation is 1. The Morgan fingerprint density at radius 2 is 1.71 bits per heavy atom. The molecule has 1 amide bonds. The van der Waals surface area contributed by atoms with Gasteiger partial charge in [0.25, 0.3) is 0 Å². The van der Waals surface area contributed by atoms with Crippen molar-refractivity contribution in [1.29, 1.82) is 0 Å². The highest BCUT2D eigenvalue weighted by atomic mass is 32.2. The molecule has 31 heavy (non-hydrogen) atoms. The Morgan fingerprint density at radius 3 is 2.45 bits per heavy atom. The number of amides is 1. The SMILES string of the molecule is Cc1ccc(-n2c(Cc3ccccc3)nnc2SCCCC(=O)N2CCCCC2)cc1. The number of hydrogen-bond acceptors (Lipinski definition) is 4. The number of aromatic nitrogens is 3. The summed E-state index contributed by atoms with van der Waals surface area (Å²) in [5, 5.41) is 9.90. The highest BCUT2D eigenvalue weighted by molar-refractivity contribution is 7.99. The molecule has 0 N–H and O–H groups in total. The van der Waals surface area contributed by atoms with Gasteiger partial charge in [-0.15, -0.1) is 10.2 Å². The Hall–Kier alpha value is -2.60. The molecular formula is C25H30N4OS. The van der Waals surface area contributed by atoms with E-state index in [4.69, 9.17) is 0 Å². The predicted molar refractivity (Wildman–Crippen MR) is 126 cm³/mol. The molecule has 6 heteroatoms. The minimum atomic E-state index is 0.296. The van der Waals surface area contributed by atoms with Gasteiger partial charge in [0.05, 0.1) is 0 Å². The number of thioether (sulfide) groups is 1. The van der Waals surface area contributed by atoms with Gasteiger partial charge in [0.2, 0.25) is 5.91 Å². The maximum absolute atomic E-state index is 12.4. The van der Waals surface area contributed by atoms with Crippen molar-refractivity contribution in [3.63, 3.8) is 0 Å². The summed E-state index contributed by atoms with van der Waals surface area (Å²) in [4.78, 5) is 14.4. The molecule has 1 aliphatic rings. The fourth-order valence-electron chi connectivity index (χ4n) is 3.93. The smallest absolute Gasteiger partial charge is 0.222 e. The van der Waals surface area contributed by atoms with Crippen LogP contribution in [0.2, 0.25) is 0 Å². The molecule has 2 aromatic carbocycles. The number of carbonyl (C=O) groups excluding carboxylic acids is 1. The van der Waals surface area contributed by atoms with E-state index in [1.165, 1.54) is 17.5 Å². The first-order valence-electron chi connectivity index (χ1n) is 11.2. The Balaban J connectivity index is 1.44. The van der Waals surface area contributed by atoms with Gasteiger partial charge in [-0.25, -0.2) is 0 Å². The van der Waals surface area contributed by atoms with Crippen molar-refractivity contribution in [1.82, 2.24) is 19.7 Å². The second kappa shape index (κ2) is 10.6. The molecule has 5 nitrogen and oxygen atoms in total. The van der Waals surface area contributed by atoms with Crippen LogP contribution in [0.15, 0.2) is 59.8 Å². The molecule has 0 atom stereocenters. The molecule has 0 spiro atoms. The molecule has 1 saturated heterocycles. The van der Waals surface area contributed by atoms with Crippen LogP contribution in [0, 0.1) is 6.92 Å². The Labute approximate surface area is 188 Å². The molecule has 162 valence electrons. The van der Waals surface area contributed by atoms with Crippen LogP contribution in [-0.2, 0) is 11.2 Å². The third-order valence-electron chi connectivity index (χ3n) is 5.67. The lowest BCUT2D eigenvalue weighted by Gasteiger charge is -2.26. The van der Waals surface area contributed by atoms with E-state index in [0.717, 1.165) is 61.2 Å². The number of hydrogen-bond donors (Lipinski definition) is 0. The number of rotatable bonds is 8. The molecule has 0 radical (unpaired) electrons. The first kappa shape index (κ1) is 21.6. The van der Waals surface area contributed by atoms with Gasteiger partial charge < -0.3 is 4.90 Å². The normalized spacial score (nSPS) is 14.0. The van der Waals surface area contributed by atoms with Gasteiger partial charge in [-0.05, 0) is 50.3 Å². The lowest BCUT2D eigenvalue weighted by molar-refractivity contribution is -0.132. The Bertz CT molecular complexity index is 979. The quantitative estimate of drug-likeness (QED) is 0.368. The lowest BCUT2D eigenvalue weighted by atomic mass is 10.1. The second-order valence-electron chi connectivity index (χ2n) is 8.13. The summed E-state index contributed by atoms with van der Waals surface area (Å²) in [7, 11) is 0. The number of nitrogens with zero attached hydrogens (tertiary/aromatic N) is 4. The molecule has 0 unspecified atom stereocenters. The van der Waals surface area contributed by atoms with Crippen molar-refractivity contribution in [3.8, 4) is 5.69 Å². The highest BCUT2D eigenvalue weighted by Crippen LogP contribution is 2.25. The van der Waals surface area contributed by atoms with E-state index in [0.29, 0.717) is 12.3 Å². The van der Waals surface area contributed by atoms with Crippen LogP contribution in [0.5, 0.6) is 0 Å². The summed E-state index contributed by atoms with van der Waals surface area (Å²) in [5.74, 6) is 2.08. The maximum atomic E-state index is 12.4. The fourth-order valence-corrected chi connectivity index (χ4v) is 4.84. The molecule has 2 heterocycles. The predicted octanol–water partition coefficient (Wildman–Crippen LogP) is 5.05. The molecule has 0 bridgehead atoms. The average molecular weight is 435 g/mol. The monoisotopic (exact) mass is 434 g/mol. The Morgan fingerprint density at radius 1 is 0.968 bits per heavy atom. The number of benzene rings is 2. The third-order valence-corrected chi connectivity index (χ3v) is 6.69. The van der Waals surface area contributed by atoms with Crippen molar-refractivity contribution in [2.24, 2.45) is 0 Å². The van der Waals surface area contributed by atoms with E-state index in [1.54, 1.807) is 11.8 Å². The van der Waals surface area contributed by atoms with Gasteiger partial charge in [0.15, 0.2) is 5.16 Å². The standard InChI is InChI=1S/C25H30N4OS/c1-20-12-14-22(15-13-20)29-23(19-21-9-4-2-5-10-21)26-27-25(29)31-18-8-11-24(30)28-16-6-3-7-17-28/h2,4-5,9-10,12-15H,3,6-8,11,16-19H2,1H3. The molecule has 1 aromatic heterocycles. The summed E-state index contributed by atoms with van der Waals surface area (Å²) >= 11 is 1.68. The summed E-state index contributed by atoms with van der Waals surface area (Å²) < 4.78 is 2.16. The van der Waals surface area contributed by atoms with Crippen molar-refractivity contribution < 1.29 is 4.79 Å². The number of carbonyl (C=O) groups is 1. The third kappa shape index (κ3) is 5.76. The van der Waals surface area contributed by atoms with E-state index in [1.807, 2.05) is 11.0 Å². The van der Waals surface area contributed by atoms with E-state index in [2.05, 4.69) is 70.2 Å². The fraction of sp³-hybridized carbons (Fsp3) is 0.400. The van der Waals surface area contributed by atoms with Gasteiger partial charge in [-0.3, -0.25) is 9.36 Å². The van der Waals surface area contributed by atoms with Crippen LogP contribution in [0.3, 0.4) is 0 Å². The van der Waals surface area contributed by atoms with E-state index >= 15 is 0 Å². The van der Waals surface area contributed by atoms with Crippen LogP contribution < -0.4 is 0 Å². The lowest BCUT2D eigenvalue weighted by Crippen LogP contribution is -2.35. The first-order valence-corrected chi connectivity index (χ1v) is 12.1. The zero-order valence-electron chi connectivity index (χ0n) is 18.2. The van der Waals surface area contributed by atoms with E-state index in [9.17, 15) is 4.79 Å². The van der Waals surface area contributed by atoms with Gasteiger partial charge >= 0.3 is 0 Å². The van der Waals surface area contributed by atoms with Gasteiger partial charge in [-0.1, -0.05) is 59.8 Å². The van der Waals surface area contributed by atoms with Crippen LogP contribution in [0.1, 0.15) is 49.1 Å². The zero-order valence-corrected chi connectivity index (χ0v) is 19.0. The Kier molecular flexibility index (Phi) is 7.41. The minimum Gasteiger partial charge on any atom is -0.343 e. The van der Waals surface area contributed by atoms with Crippen molar-refractivity contribution in [2.45, 2.75) is 50.6 Å². The molecule has 0 saturated carbocycles. The number of piperidine rings is 1. The minimum absolute atomic E-state index is 0.296. The van der Waals surface area contributed by atoms with Gasteiger partial charge in [-0.2, -0.15) is 0 Å². The van der Waals surface area contributed by atoms with Crippen molar-refractivity contribution in [2.75, 3.05) is 18.8 Å². The molecule has 1 fully saturated rings. The largest absolute Gasteiger partial charge is 0.343 e. The molecule has 1 aliphatic heterocycles. The highest BCUT2D eigenvalue weighted by Gasteiger charge is 2.17. The van der Waals surface area contributed by atoms with Crippen LogP contribution >= 0.6 is 11.8 Å². The van der Waals surface area contributed by atoms with Gasteiger partial charge in [0.1, 0.15) is 5.82 Å². The first-order chi connectivity index (χ1) is 15.2. The van der Waals surface area contributed by atoms with Crippen LogP contribution in [-0.4, -0.2) is 44.4 Å².